The third-order valence-corrected chi connectivity index (χ3v) is 5.27. The molecule has 0 atom stereocenters. The zero-order valence-corrected chi connectivity index (χ0v) is 25.5. The number of aryl methyl sites for hydroxylation is 2. The lowest BCUT2D eigenvalue weighted by Crippen LogP contribution is -2.03. The fourth-order valence-electron chi connectivity index (χ4n) is 3.45. The van der Waals surface area contributed by atoms with Gasteiger partial charge >= 0.3 is 0 Å². The maximum Gasteiger partial charge on any atom is 0.252 e. The van der Waals surface area contributed by atoms with Crippen LogP contribution < -0.4 is 5.43 Å². The molecule has 0 fully saturated rings. The predicted octanol–water partition coefficient (Wildman–Crippen LogP) is 8.05. The average Bonchev–Trinajstić information content (AvgIpc) is 3.52. The SMILES string of the molecule is CC.CC.CC.CC(=O)c1ccncc1.Cc1cccc2oc3ccccc3c(=O)c12.Cc1ccnc2ncnn12. The molecule has 41 heavy (non-hydrogen) atoms. The zero-order chi connectivity index (χ0) is 30.8. The number of pyridine rings is 1. The number of para-hydroxylation sites is 1. The summed E-state index contributed by atoms with van der Waals surface area (Å²) in [5.74, 6) is 0.734. The summed E-state index contributed by atoms with van der Waals surface area (Å²) in [6, 6.07) is 18.3. The van der Waals surface area contributed by atoms with E-state index < -0.39 is 0 Å². The van der Waals surface area contributed by atoms with Crippen molar-refractivity contribution >= 4 is 33.5 Å². The summed E-state index contributed by atoms with van der Waals surface area (Å²) in [4.78, 5) is 34.6. The number of hydrogen-bond donors (Lipinski definition) is 0. The lowest BCUT2D eigenvalue weighted by atomic mass is 10.1. The largest absolute Gasteiger partial charge is 0.456 e. The van der Waals surface area contributed by atoms with Crippen molar-refractivity contribution in [3.8, 4) is 0 Å². The molecule has 8 heteroatoms. The van der Waals surface area contributed by atoms with Crippen LogP contribution in [0.25, 0.3) is 27.7 Å². The molecule has 0 aliphatic carbocycles. The van der Waals surface area contributed by atoms with Crippen LogP contribution in [0.1, 0.15) is 70.1 Å². The Kier molecular flexibility index (Phi) is 15.5. The van der Waals surface area contributed by atoms with Crippen LogP contribution in [-0.4, -0.2) is 30.3 Å². The smallest absolute Gasteiger partial charge is 0.252 e. The predicted molar refractivity (Wildman–Crippen MR) is 169 cm³/mol. The van der Waals surface area contributed by atoms with Crippen LogP contribution in [0.5, 0.6) is 0 Å². The minimum Gasteiger partial charge on any atom is -0.456 e. The zero-order valence-electron chi connectivity index (χ0n) is 25.5. The van der Waals surface area contributed by atoms with Crippen LogP contribution in [0.3, 0.4) is 0 Å². The molecule has 0 saturated heterocycles. The number of nitrogens with zero attached hydrogens (tertiary/aromatic N) is 5. The average molecular weight is 556 g/mol. The fourth-order valence-corrected chi connectivity index (χ4v) is 3.45. The molecule has 0 amide bonds. The second kappa shape index (κ2) is 18.5. The number of ketones is 1. The molecular weight excluding hydrogens is 514 g/mol. The number of hydrogen-bond acceptors (Lipinski definition) is 7. The van der Waals surface area contributed by atoms with Gasteiger partial charge in [0.2, 0.25) is 5.43 Å². The number of fused-ring (bicyclic) bond motifs is 3. The van der Waals surface area contributed by atoms with Crippen molar-refractivity contribution in [2.24, 2.45) is 0 Å². The summed E-state index contributed by atoms with van der Waals surface area (Å²) in [6.07, 6.45) is 6.43. The Labute approximate surface area is 242 Å². The minimum absolute atomic E-state index is 0.0509. The minimum atomic E-state index is 0.0509. The van der Waals surface area contributed by atoms with Gasteiger partial charge in [-0.3, -0.25) is 14.6 Å². The molecule has 2 aromatic carbocycles. The molecule has 0 radical (unpaired) electrons. The first-order valence-electron chi connectivity index (χ1n) is 13.9. The van der Waals surface area contributed by atoms with Gasteiger partial charge in [0.05, 0.1) is 10.8 Å². The molecule has 8 nitrogen and oxygen atoms in total. The van der Waals surface area contributed by atoms with Crippen LogP contribution >= 0.6 is 0 Å². The number of benzene rings is 2. The van der Waals surface area contributed by atoms with Gasteiger partial charge < -0.3 is 4.42 Å². The van der Waals surface area contributed by atoms with E-state index in [1.165, 1.54) is 13.3 Å². The van der Waals surface area contributed by atoms with Gasteiger partial charge in [0.15, 0.2) is 5.78 Å². The molecule has 0 N–H and O–H groups in total. The summed E-state index contributed by atoms with van der Waals surface area (Å²) in [6.45, 7) is 17.4. The van der Waals surface area contributed by atoms with Crippen molar-refractivity contribution in [1.29, 1.82) is 0 Å². The van der Waals surface area contributed by atoms with Crippen molar-refractivity contribution < 1.29 is 9.21 Å². The molecule has 0 aliphatic rings. The van der Waals surface area contributed by atoms with Gasteiger partial charge in [-0.15, -0.1) is 0 Å². The number of Topliss-reactive ketones (excluding diaryl/α,β-unsaturated/α-hetero) is 1. The van der Waals surface area contributed by atoms with Crippen LogP contribution in [0.4, 0.5) is 0 Å². The first-order chi connectivity index (χ1) is 20.0. The Morgan fingerprint density at radius 3 is 2.00 bits per heavy atom. The van der Waals surface area contributed by atoms with E-state index in [1.807, 2.05) is 97.9 Å². The molecule has 0 saturated carbocycles. The lowest BCUT2D eigenvalue weighted by molar-refractivity contribution is 0.101. The monoisotopic (exact) mass is 555 g/mol. The van der Waals surface area contributed by atoms with Gasteiger partial charge in [-0.2, -0.15) is 10.1 Å². The highest BCUT2D eigenvalue weighted by Crippen LogP contribution is 2.20. The van der Waals surface area contributed by atoms with E-state index in [0.717, 1.165) is 11.3 Å². The third kappa shape index (κ3) is 9.46. The molecular formula is C33H41N5O3. The second-order valence-corrected chi connectivity index (χ2v) is 7.73. The van der Waals surface area contributed by atoms with Crippen molar-refractivity contribution in [3.05, 3.63) is 113 Å². The fraction of sp³-hybridized carbons (Fsp3) is 0.273. The summed E-state index contributed by atoms with van der Waals surface area (Å²) >= 11 is 0. The van der Waals surface area contributed by atoms with E-state index in [0.29, 0.717) is 33.3 Å². The standard InChI is InChI=1S/C14H10O2.C7H7NO.C6H6N4.3C2H6/c1-9-5-4-8-12-13(9)14(15)10-6-2-3-7-11(10)16-12;1-6(9)7-2-4-8-5-3-7;1-5-2-3-7-6-8-4-9-10(5)6;3*1-2/h2-8H,1H3;2-5H,1H3;2-4H,1H3;3*1-2H3. The Morgan fingerprint density at radius 2 is 1.39 bits per heavy atom. The molecule has 0 unspecified atom stereocenters. The van der Waals surface area contributed by atoms with Crippen molar-refractivity contribution in [2.45, 2.75) is 62.3 Å². The Morgan fingerprint density at radius 1 is 0.756 bits per heavy atom. The van der Waals surface area contributed by atoms with E-state index >= 15 is 0 Å². The molecule has 4 heterocycles. The normalized spacial score (nSPS) is 9.29. The molecule has 6 rings (SSSR count). The first-order valence-corrected chi connectivity index (χ1v) is 13.9. The molecule has 6 aromatic rings. The van der Waals surface area contributed by atoms with Crippen molar-refractivity contribution in [1.82, 2.24) is 24.6 Å². The van der Waals surface area contributed by atoms with Crippen LogP contribution in [0, 0.1) is 13.8 Å². The Hall–Kier alpha value is -4.72. The number of aromatic nitrogens is 5. The van der Waals surface area contributed by atoms with E-state index in [-0.39, 0.29) is 11.2 Å². The number of rotatable bonds is 1. The van der Waals surface area contributed by atoms with E-state index in [4.69, 9.17) is 4.42 Å². The molecule has 0 bridgehead atoms. The number of carbonyl (C=O) groups excluding carboxylic acids is 1. The topological polar surface area (TPSA) is 103 Å². The van der Waals surface area contributed by atoms with Gasteiger partial charge in [-0.05, 0) is 62.7 Å². The first kappa shape index (κ1) is 34.3. The molecule has 0 aliphatic heterocycles. The lowest BCUT2D eigenvalue weighted by Gasteiger charge is -2.02. The maximum absolute atomic E-state index is 12.2. The Balaban J connectivity index is 0.000000294. The summed E-state index contributed by atoms with van der Waals surface area (Å²) in [5, 5.41) is 5.29. The third-order valence-electron chi connectivity index (χ3n) is 5.27. The van der Waals surface area contributed by atoms with Crippen molar-refractivity contribution in [3.63, 3.8) is 0 Å². The molecule has 0 spiro atoms. The summed E-state index contributed by atoms with van der Waals surface area (Å²) < 4.78 is 7.40. The number of carbonyl (C=O) groups is 1. The van der Waals surface area contributed by atoms with Gasteiger partial charge in [-0.25, -0.2) is 9.50 Å². The second-order valence-electron chi connectivity index (χ2n) is 7.73. The van der Waals surface area contributed by atoms with E-state index in [1.54, 1.807) is 41.3 Å². The van der Waals surface area contributed by atoms with Gasteiger partial charge in [-0.1, -0.05) is 65.8 Å². The summed E-state index contributed by atoms with van der Waals surface area (Å²) in [7, 11) is 0. The maximum atomic E-state index is 12.2. The van der Waals surface area contributed by atoms with Crippen LogP contribution in [-0.2, 0) is 0 Å². The summed E-state index contributed by atoms with van der Waals surface area (Å²) in [5.41, 5.74) is 4.06. The van der Waals surface area contributed by atoms with Crippen LogP contribution in [0.2, 0.25) is 0 Å². The van der Waals surface area contributed by atoms with Crippen molar-refractivity contribution in [2.75, 3.05) is 0 Å². The highest BCUT2D eigenvalue weighted by Gasteiger charge is 2.08. The molecule has 216 valence electrons. The van der Waals surface area contributed by atoms with Gasteiger partial charge in [0, 0.05) is 29.8 Å². The Bertz CT molecular complexity index is 1680. The van der Waals surface area contributed by atoms with Gasteiger partial charge in [0.25, 0.3) is 5.78 Å². The van der Waals surface area contributed by atoms with Gasteiger partial charge in [0.1, 0.15) is 17.5 Å². The quantitative estimate of drug-likeness (QED) is 0.149. The highest BCUT2D eigenvalue weighted by molar-refractivity contribution is 5.93. The van der Waals surface area contributed by atoms with E-state index in [9.17, 15) is 9.59 Å². The highest BCUT2D eigenvalue weighted by atomic mass is 16.3. The van der Waals surface area contributed by atoms with Crippen LogP contribution in [0.15, 0.2) is 94.8 Å². The van der Waals surface area contributed by atoms with E-state index in [2.05, 4.69) is 20.1 Å². The molecule has 4 aromatic heterocycles.